The molecule has 1 aromatic carbocycles. The average molecular weight is 293 g/mol. The van der Waals surface area contributed by atoms with Crippen LogP contribution in [0.2, 0.25) is 0 Å². The second-order valence-electron chi connectivity index (χ2n) is 4.59. The van der Waals surface area contributed by atoms with Crippen molar-refractivity contribution in [1.82, 2.24) is 10.0 Å². The molecule has 2 aliphatic rings. The molecule has 0 amide bonds. The molecule has 1 aromatic rings. The van der Waals surface area contributed by atoms with Crippen molar-refractivity contribution in [2.24, 2.45) is 11.8 Å². The van der Waals surface area contributed by atoms with Crippen LogP contribution in [-0.4, -0.2) is 27.5 Å². The maximum absolute atomic E-state index is 12.7. The third kappa shape index (κ3) is 2.38. The zero-order valence-electron chi connectivity index (χ0n) is 9.47. The van der Waals surface area contributed by atoms with E-state index in [0.717, 1.165) is 25.2 Å². The summed E-state index contributed by atoms with van der Waals surface area (Å²) in [5.41, 5.74) is 0. The predicted octanol–water partition coefficient (Wildman–Crippen LogP) is 0.744. The fourth-order valence-electron chi connectivity index (χ4n) is 2.45. The first-order valence-electron chi connectivity index (χ1n) is 5.56. The third-order valence-corrected chi connectivity index (χ3v) is 4.98. The number of halogens is 2. The number of hydrogen-bond donors (Lipinski definition) is 2. The van der Waals surface area contributed by atoms with Gasteiger partial charge in [-0.1, -0.05) is 0 Å². The normalized spacial score (nSPS) is 29.5. The van der Waals surface area contributed by atoms with Gasteiger partial charge >= 0.3 is 0 Å². The van der Waals surface area contributed by atoms with Gasteiger partial charge in [-0.2, -0.15) is 0 Å². The van der Waals surface area contributed by atoms with E-state index in [1.54, 1.807) is 0 Å². The van der Waals surface area contributed by atoms with Crippen molar-refractivity contribution < 1.29 is 12.8 Å². The first-order chi connectivity index (χ1) is 8.08. The minimum absolute atomic E-state index is 0. The number of fused-ring (bicyclic) bond motifs is 1. The SMILES string of the molecule is Cl.O=S(=O)(NC1C2CNCC21)c1ccc(F)cc1. The fraction of sp³-hybridized carbons (Fsp3) is 0.455. The maximum atomic E-state index is 12.7. The van der Waals surface area contributed by atoms with Gasteiger partial charge in [0.1, 0.15) is 5.82 Å². The fourth-order valence-corrected chi connectivity index (χ4v) is 3.79. The topological polar surface area (TPSA) is 58.2 Å². The molecule has 2 N–H and O–H groups in total. The molecule has 2 fully saturated rings. The standard InChI is InChI=1S/C11H13FN2O2S.ClH/c12-7-1-3-8(4-2-7)17(15,16)14-11-9-5-13-6-10(9)11;/h1-4,9-11,13-14H,5-6H2;1H. The monoisotopic (exact) mass is 292 g/mol. The molecule has 2 unspecified atom stereocenters. The van der Waals surface area contributed by atoms with E-state index in [9.17, 15) is 12.8 Å². The molecule has 1 saturated carbocycles. The second-order valence-corrected chi connectivity index (χ2v) is 6.30. The van der Waals surface area contributed by atoms with Crippen LogP contribution in [0.25, 0.3) is 0 Å². The Morgan fingerprint density at radius 2 is 1.72 bits per heavy atom. The summed E-state index contributed by atoms with van der Waals surface area (Å²) >= 11 is 0. The van der Waals surface area contributed by atoms with Gasteiger partial charge < -0.3 is 5.32 Å². The molecule has 3 rings (SSSR count). The Kier molecular flexibility index (Phi) is 3.64. The highest BCUT2D eigenvalue weighted by Crippen LogP contribution is 2.42. The zero-order valence-corrected chi connectivity index (χ0v) is 11.1. The molecule has 18 heavy (non-hydrogen) atoms. The highest BCUT2D eigenvalue weighted by Gasteiger charge is 2.54. The lowest BCUT2D eigenvalue weighted by Gasteiger charge is -2.08. The van der Waals surface area contributed by atoms with E-state index < -0.39 is 15.8 Å². The summed E-state index contributed by atoms with van der Waals surface area (Å²) in [5.74, 6) is 0.409. The van der Waals surface area contributed by atoms with Crippen molar-refractivity contribution in [1.29, 1.82) is 0 Å². The minimum Gasteiger partial charge on any atom is -0.316 e. The van der Waals surface area contributed by atoms with E-state index in [-0.39, 0.29) is 23.3 Å². The highest BCUT2D eigenvalue weighted by atomic mass is 35.5. The van der Waals surface area contributed by atoms with Gasteiger partial charge in [-0.25, -0.2) is 17.5 Å². The first kappa shape index (κ1) is 13.7. The van der Waals surface area contributed by atoms with Gasteiger partial charge in [0, 0.05) is 6.04 Å². The molecule has 4 nitrogen and oxygen atoms in total. The van der Waals surface area contributed by atoms with Crippen molar-refractivity contribution in [2.75, 3.05) is 13.1 Å². The summed E-state index contributed by atoms with van der Waals surface area (Å²) in [7, 11) is -3.50. The van der Waals surface area contributed by atoms with Gasteiger partial charge in [0.05, 0.1) is 4.90 Å². The summed E-state index contributed by atoms with van der Waals surface area (Å²) in [6, 6.07) is 4.93. The maximum Gasteiger partial charge on any atom is 0.240 e. The molecule has 0 bridgehead atoms. The Morgan fingerprint density at radius 1 is 1.17 bits per heavy atom. The Morgan fingerprint density at radius 3 is 2.28 bits per heavy atom. The van der Waals surface area contributed by atoms with Crippen molar-refractivity contribution in [3.05, 3.63) is 30.1 Å². The van der Waals surface area contributed by atoms with Crippen LogP contribution in [0.1, 0.15) is 0 Å². The number of rotatable bonds is 3. The van der Waals surface area contributed by atoms with E-state index in [1.165, 1.54) is 12.1 Å². The highest BCUT2D eigenvalue weighted by molar-refractivity contribution is 7.89. The van der Waals surface area contributed by atoms with E-state index in [4.69, 9.17) is 0 Å². The van der Waals surface area contributed by atoms with Gasteiger partial charge in [0.25, 0.3) is 0 Å². The van der Waals surface area contributed by atoms with Gasteiger partial charge in [0.2, 0.25) is 10.0 Å². The molecule has 1 aliphatic heterocycles. The van der Waals surface area contributed by atoms with E-state index in [0.29, 0.717) is 11.8 Å². The van der Waals surface area contributed by atoms with E-state index in [2.05, 4.69) is 10.0 Å². The lowest BCUT2D eigenvalue weighted by Crippen LogP contribution is -2.32. The van der Waals surface area contributed by atoms with Crippen LogP contribution in [0.15, 0.2) is 29.2 Å². The molecular formula is C11H14ClFN2O2S. The molecular weight excluding hydrogens is 279 g/mol. The van der Waals surface area contributed by atoms with Gasteiger partial charge in [-0.05, 0) is 49.2 Å². The van der Waals surface area contributed by atoms with Crippen LogP contribution in [0, 0.1) is 17.7 Å². The Balaban J connectivity index is 0.00000120. The Hall–Kier alpha value is -0.690. The number of benzene rings is 1. The lowest BCUT2D eigenvalue weighted by atomic mass is 10.4. The van der Waals surface area contributed by atoms with Crippen molar-refractivity contribution in [3.63, 3.8) is 0 Å². The quantitative estimate of drug-likeness (QED) is 0.864. The molecule has 0 spiro atoms. The molecule has 1 saturated heterocycles. The summed E-state index contributed by atoms with van der Waals surface area (Å²) in [4.78, 5) is 0.122. The molecule has 0 radical (unpaired) electrons. The lowest BCUT2D eigenvalue weighted by molar-refractivity contribution is 0.564. The van der Waals surface area contributed by atoms with Crippen molar-refractivity contribution >= 4 is 22.4 Å². The number of hydrogen-bond acceptors (Lipinski definition) is 3. The van der Waals surface area contributed by atoms with Crippen LogP contribution in [0.5, 0.6) is 0 Å². The Labute approximate surface area is 111 Å². The van der Waals surface area contributed by atoms with Crippen LogP contribution in [0.4, 0.5) is 4.39 Å². The predicted molar refractivity (Wildman–Crippen MR) is 67.6 cm³/mol. The summed E-state index contributed by atoms with van der Waals surface area (Å²) < 4.78 is 39.3. The molecule has 100 valence electrons. The minimum atomic E-state index is -3.50. The molecule has 0 aromatic heterocycles. The summed E-state index contributed by atoms with van der Waals surface area (Å²) in [5, 5.41) is 3.20. The van der Waals surface area contributed by atoms with E-state index in [1.807, 2.05) is 0 Å². The number of nitrogens with one attached hydrogen (secondary N) is 2. The summed E-state index contributed by atoms with van der Waals surface area (Å²) in [6.45, 7) is 1.75. The van der Waals surface area contributed by atoms with Gasteiger partial charge in [0.15, 0.2) is 0 Å². The number of piperidine rings is 1. The van der Waals surface area contributed by atoms with Crippen molar-refractivity contribution in [2.45, 2.75) is 10.9 Å². The zero-order chi connectivity index (χ0) is 12.0. The van der Waals surface area contributed by atoms with Crippen LogP contribution in [0.3, 0.4) is 0 Å². The van der Waals surface area contributed by atoms with Crippen LogP contribution >= 0.6 is 12.4 Å². The largest absolute Gasteiger partial charge is 0.316 e. The molecule has 2 atom stereocenters. The number of sulfonamides is 1. The molecule has 1 heterocycles. The van der Waals surface area contributed by atoms with E-state index >= 15 is 0 Å². The molecule has 1 aliphatic carbocycles. The van der Waals surface area contributed by atoms with Gasteiger partial charge in [-0.3, -0.25) is 0 Å². The smallest absolute Gasteiger partial charge is 0.240 e. The van der Waals surface area contributed by atoms with Crippen LogP contribution < -0.4 is 10.0 Å². The van der Waals surface area contributed by atoms with Gasteiger partial charge in [-0.15, -0.1) is 12.4 Å². The van der Waals surface area contributed by atoms with Crippen molar-refractivity contribution in [3.8, 4) is 0 Å². The Bertz CT molecular complexity index is 524. The third-order valence-electron chi connectivity index (χ3n) is 3.51. The second kappa shape index (κ2) is 4.77. The van der Waals surface area contributed by atoms with Crippen LogP contribution in [-0.2, 0) is 10.0 Å². The first-order valence-corrected chi connectivity index (χ1v) is 7.05. The molecule has 7 heteroatoms. The average Bonchev–Trinajstić information content (AvgIpc) is 2.75. The summed E-state index contributed by atoms with van der Waals surface area (Å²) in [6.07, 6.45) is 0.